The molecular weight excluding hydrogens is 665 g/mol. The van der Waals surface area contributed by atoms with Crippen molar-refractivity contribution in [3.05, 3.63) is 108 Å². The number of nitro groups is 2. The number of alkyl halides is 1. The van der Waals surface area contributed by atoms with E-state index in [1.54, 1.807) is 58.9 Å². The Morgan fingerprint density at radius 2 is 1.00 bits per heavy atom. The van der Waals surface area contributed by atoms with Crippen molar-refractivity contribution < 1.29 is 64.2 Å². The number of benzene rings is 3. The van der Waals surface area contributed by atoms with E-state index in [1.165, 1.54) is 6.07 Å². The number of nitro benzene ring substituents is 2. The molecule has 0 aliphatic carbocycles. The summed E-state index contributed by atoms with van der Waals surface area (Å²) in [4.78, 5) is 20.3. The quantitative estimate of drug-likeness (QED) is 0.0948. The van der Waals surface area contributed by atoms with Gasteiger partial charge in [-0.2, -0.15) is 0 Å². The number of hydrogen-bond acceptors (Lipinski definition) is 10. The molecule has 0 aliphatic heterocycles. The molecule has 0 aromatic heterocycles. The summed E-state index contributed by atoms with van der Waals surface area (Å²) in [6.45, 7) is 17.2. The minimum absolute atomic E-state index is 0. The SMILES string of the molecule is C.CCO.CCO.CCOCc1ccc(C)c(N)c1.CCOCc1ccc(C)c([N+](=O)[O-])c1.CC[O-].Cc1ccc(CCl)cc1[N+](=O)[O-].[Na+]. The fourth-order valence-electron chi connectivity index (χ4n) is 3.10. The van der Waals surface area contributed by atoms with Gasteiger partial charge in [0.05, 0.1) is 23.1 Å². The van der Waals surface area contributed by atoms with Crippen LogP contribution in [0.3, 0.4) is 0 Å². The third kappa shape index (κ3) is 28.9. The first-order chi connectivity index (χ1) is 22.3. The van der Waals surface area contributed by atoms with Crippen molar-refractivity contribution in [3.8, 4) is 0 Å². The Labute approximate surface area is 320 Å². The molecule has 0 fully saturated rings. The molecule has 0 atom stereocenters. The van der Waals surface area contributed by atoms with Crippen molar-refractivity contribution in [2.24, 2.45) is 0 Å². The molecule has 12 nitrogen and oxygen atoms in total. The number of nitrogens with zero attached hydrogens (tertiary/aromatic N) is 2. The zero-order valence-electron chi connectivity index (χ0n) is 30.0. The normalized spacial score (nSPS) is 8.90. The molecule has 274 valence electrons. The van der Waals surface area contributed by atoms with E-state index in [-0.39, 0.29) is 73.1 Å². The van der Waals surface area contributed by atoms with Crippen LogP contribution < -0.4 is 40.4 Å². The Morgan fingerprint density at radius 3 is 1.31 bits per heavy atom. The fraction of sp³-hybridized carbons (Fsp3) is 0.486. The van der Waals surface area contributed by atoms with E-state index in [2.05, 4.69) is 0 Å². The standard InChI is InChI=1S/C10H13NO3.C10H15NO.C8H8ClNO2.2C2H6O.C2H5O.CH4.Na/c1-3-14-7-9-5-4-8(2)10(6-9)11(12)13;1-3-12-7-9-5-4-8(2)10(11)6-9;1-6-2-3-7(5-9)4-8(6)10(11)12;3*1-2-3;;/h4-6H,3,7H2,1-2H3;4-6H,3,7,11H2,1-2H3;2-4H,5H2,1H3;2*3H,2H2,1H3;2H2,1H3;1H4;/q;;;;;-1;;+1. The predicted octanol–water partition coefficient (Wildman–Crippen LogP) is 4.20. The van der Waals surface area contributed by atoms with Crippen LogP contribution in [0, 0.1) is 41.0 Å². The molecule has 0 amide bonds. The number of aliphatic hydroxyl groups excluding tert-OH is 2. The Morgan fingerprint density at radius 1 is 0.694 bits per heavy atom. The van der Waals surface area contributed by atoms with Crippen LogP contribution in [0.4, 0.5) is 17.1 Å². The summed E-state index contributed by atoms with van der Waals surface area (Å²) in [6.07, 6.45) is 0. The maximum absolute atomic E-state index is 10.6. The summed E-state index contributed by atoms with van der Waals surface area (Å²) >= 11 is 5.53. The van der Waals surface area contributed by atoms with E-state index < -0.39 is 4.92 Å². The molecule has 14 heteroatoms. The van der Waals surface area contributed by atoms with Crippen molar-refractivity contribution in [2.75, 3.05) is 38.8 Å². The van der Waals surface area contributed by atoms with Crippen molar-refractivity contribution in [1.29, 1.82) is 0 Å². The molecule has 3 aromatic rings. The molecule has 0 saturated carbocycles. The van der Waals surface area contributed by atoms with Crippen molar-refractivity contribution in [3.63, 3.8) is 0 Å². The smallest absolute Gasteiger partial charge is 0.855 e. The minimum atomic E-state index is -0.397. The van der Waals surface area contributed by atoms with Gasteiger partial charge in [-0.1, -0.05) is 50.7 Å². The molecule has 0 saturated heterocycles. The maximum Gasteiger partial charge on any atom is 1.00 e. The number of aryl methyl sites for hydroxylation is 3. The van der Waals surface area contributed by atoms with Gasteiger partial charge in [0.25, 0.3) is 11.4 Å². The number of ether oxygens (including phenoxy) is 2. The topological polar surface area (TPSA) is 194 Å². The van der Waals surface area contributed by atoms with E-state index >= 15 is 0 Å². The second-order valence-electron chi connectivity index (χ2n) is 9.28. The van der Waals surface area contributed by atoms with Crippen molar-refractivity contribution in [2.45, 2.75) is 81.9 Å². The van der Waals surface area contributed by atoms with Gasteiger partial charge in [0, 0.05) is 61.3 Å². The zero-order chi connectivity index (χ0) is 36.8. The predicted molar refractivity (Wildman–Crippen MR) is 194 cm³/mol. The molecule has 3 aromatic carbocycles. The summed E-state index contributed by atoms with van der Waals surface area (Å²) in [5.74, 6) is 0.307. The van der Waals surface area contributed by atoms with Crippen LogP contribution in [0.2, 0.25) is 0 Å². The first kappa shape index (κ1) is 55.8. The van der Waals surface area contributed by atoms with Crippen LogP contribution in [-0.2, 0) is 28.6 Å². The Hall–Kier alpha value is -2.65. The Balaban J connectivity index is -0.000000173. The zero-order valence-corrected chi connectivity index (χ0v) is 32.7. The molecule has 0 aliphatic rings. The number of rotatable bonds is 9. The monoisotopic (exact) mass is 721 g/mol. The number of anilines is 1. The molecule has 0 heterocycles. The van der Waals surface area contributed by atoms with Crippen molar-refractivity contribution in [1.82, 2.24) is 0 Å². The summed E-state index contributed by atoms with van der Waals surface area (Å²) in [5, 5.41) is 45.1. The molecule has 3 rings (SSSR count). The first-order valence-corrected chi connectivity index (χ1v) is 15.7. The minimum Gasteiger partial charge on any atom is -0.855 e. The van der Waals surface area contributed by atoms with Crippen molar-refractivity contribution >= 4 is 28.7 Å². The average molecular weight is 722 g/mol. The summed E-state index contributed by atoms with van der Waals surface area (Å²) in [6, 6.07) is 16.2. The molecule has 4 N–H and O–H groups in total. The van der Waals surface area contributed by atoms with Crippen LogP contribution in [0.15, 0.2) is 54.6 Å². The Kier molecular flexibility index (Phi) is 41.7. The first-order valence-electron chi connectivity index (χ1n) is 15.1. The number of nitrogens with two attached hydrogens (primary N) is 1. The molecule has 49 heavy (non-hydrogen) atoms. The second kappa shape index (κ2) is 36.6. The van der Waals surface area contributed by atoms with Crippen LogP contribution >= 0.6 is 11.6 Å². The molecule has 0 spiro atoms. The van der Waals surface area contributed by atoms with E-state index in [9.17, 15) is 20.2 Å². The number of aliphatic hydroxyl groups is 2. The van der Waals surface area contributed by atoms with Gasteiger partial charge in [-0.3, -0.25) is 20.2 Å². The van der Waals surface area contributed by atoms with Crippen LogP contribution in [0.25, 0.3) is 0 Å². The van der Waals surface area contributed by atoms with Gasteiger partial charge in [0.1, 0.15) is 0 Å². The largest absolute Gasteiger partial charge is 1.00 e. The second-order valence-corrected chi connectivity index (χ2v) is 9.54. The van der Waals surface area contributed by atoms with Gasteiger partial charge < -0.3 is 30.5 Å². The number of hydrogen-bond donors (Lipinski definition) is 3. The van der Waals surface area contributed by atoms with Gasteiger partial charge in [0.15, 0.2) is 0 Å². The Bertz CT molecular complexity index is 1260. The number of halogens is 1. The van der Waals surface area contributed by atoms with Crippen LogP contribution in [0.5, 0.6) is 0 Å². The van der Waals surface area contributed by atoms with Gasteiger partial charge in [-0.15, -0.1) is 18.2 Å². The third-order valence-corrected chi connectivity index (χ3v) is 5.69. The van der Waals surface area contributed by atoms with Crippen LogP contribution in [-0.4, -0.2) is 53.1 Å². The third-order valence-electron chi connectivity index (χ3n) is 5.38. The molecule has 0 unspecified atom stereocenters. The summed E-state index contributed by atoms with van der Waals surface area (Å²) in [7, 11) is 0. The van der Waals surface area contributed by atoms with E-state index in [4.69, 9.17) is 42.1 Å². The molecule has 0 bridgehead atoms. The molecular formula is C35H57ClN3NaO9. The van der Waals surface area contributed by atoms with E-state index in [1.807, 2.05) is 45.0 Å². The van der Waals surface area contributed by atoms with E-state index in [0.29, 0.717) is 36.8 Å². The summed E-state index contributed by atoms with van der Waals surface area (Å²) < 4.78 is 10.4. The van der Waals surface area contributed by atoms with Gasteiger partial charge in [-0.05, 0) is 76.8 Å². The maximum atomic E-state index is 10.6. The van der Waals surface area contributed by atoms with Gasteiger partial charge >= 0.3 is 29.6 Å². The van der Waals surface area contributed by atoms with Gasteiger partial charge in [0.2, 0.25) is 0 Å². The number of nitrogen functional groups attached to an aromatic ring is 1. The summed E-state index contributed by atoms with van der Waals surface area (Å²) in [5.41, 5.74) is 12.1. The van der Waals surface area contributed by atoms with E-state index in [0.717, 1.165) is 34.5 Å². The van der Waals surface area contributed by atoms with Gasteiger partial charge in [-0.25, -0.2) is 0 Å². The average Bonchev–Trinajstić information content (AvgIpc) is 3.03. The fourth-order valence-corrected chi connectivity index (χ4v) is 3.26. The van der Waals surface area contributed by atoms with Crippen LogP contribution in [0.1, 0.15) is 75.4 Å². The molecule has 0 radical (unpaired) electrons.